The van der Waals surface area contributed by atoms with Crippen LogP contribution in [-0.2, 0) is 11.2 Å². The summed E-state index contributed by atoms with van der Waals surface area (Å²) >= 11 is 3.35. The van der Waals surface area contributed by atoms with Crippen LogP contribution >= 0.6 is 15.9 Å². The van der Waals surface area contributed by atoms with Gasteiger partial charge in [0, 0.05) is 15.7 Å². The summed E-state index contributed by atoms with van der Waals surface area (Å²) in [5.74, 6) is 0.583. The lowest BCUT2D eigenvalue weighted by Crippen LogP contribution is -2.14. The van der Waals surface area contributed by atoms with Gasteiger partial charge in [-0.25, -0.2) is 0 Å². The summed E-state index contributed by atoms with van der Waals surface area (Å²) in [6.07, 6.45) is 0.0367. The third kappa shape index (κ3) is 3.84. The first-order valence-electron chi connectivity index (χ1n) is 7.06. The van der Waals surface area contributed by atoms with Crippen molar-refractivity contribution >= 4 is 27.5 Å². The van der Waals surface area contributed by atoms with Gasteiger partial charge in [0.05, 0.1) is 0 Å². The average Bonchev–Trinajstić information content (AvgIpc) is 2.98. The molecule has 0 fully saturated rings. The highest BCUT2D eigenvalue weighted by Crippen LogP contribution is 2.20. The molecule has 3 rings (SSSR count). The summed E-state index contributed by atoms with van der Waals surface area (Å²) in [6.45, 7) is 1.98. The van der Waals surface area contributed by atoms with E-state index in [0.29, 0.717) is 5.82 Å². The first-order valence-corrected chi connectivity index (χ1v) is 7.85. The van der Waals surface area contributed by atoms with Gasteiger partial charge in [0.2, 0.25) is 17.6 Å². The second-order valence-electron chi connectivity index (χ2n) is 5.06. The zero-order valence-corrected chi connectivity index (χ0v) is 14.0. The Morgan fingerprint density at radius 2 is 1.91 bits per heavy atom. The van der Waals surface area contributed by atoms with Crippen LogP contribution in [0, 0.1) is 6.92 Å². The van der Waals surface area contributed by atoms with E-state index in [2.05, 4.69) is 31.4 Å². The number of nitrogens with one attached hydrogen (secondary N) is 1. The van der Waals surface area contributed by atoms with Gasteiger partial charge < -0.3 is 9.84 Å². The van der Waals surface area contributed by atoms with E-state index in [1.165, 1.54) is 0 Å². The van der Waals surface area contributed by atoms with Crippen LogP contribution in [0.2, 0.25) is 0 Å². The Kier molecular flexibility index (Phi) is 4.52. The van der Waals surface area contributed by atoms with Gasteiger partial charge in [-0.15, -0.1) is 0 Å². The van der Waals surface area contributed by atoms with E-state index in [-0.39, 0.29) is 18.2 Å². The number of halogens is 1. The number of hydrogen-bond donors (Lipinski definition) is 1. The highest BCUT2D eigenvalue weighted by atomic mass is 79.9. The Bertz CT molecular complexity index is 828. The number of carbonyl (C=O) groups is 1. The van der Waals surface area contributed by atoms with Crippen LogP contribution in [0.15, 0.2) is 57.5 Å². The summed E-state index contributed by atoms with van der Waals surface area (Å²) < 4.78 is 6.13. The Labute approximate surface area is 141 Å². The van der Waals surface area contributed by atoms with Crippen LogP contribution in [-0.4, -0.2) is 16.0 Å². The molecule has 0 bridgehead atoms. The molecule has 0 radical (unpaired) electrons. The Balaban J connectivity index is 1.68. The van der Waals surface area contributed by atoms with Crippen molar-refractivity contribution in [2.24, 2.45) is 0 Å². The van der Waals surface area contributed by atoms with E-state index >= 15 is 0 Å². The van der Waals surface area contributed by atoms with Crippen molar-refractivity contribution in [2.75, 3.05) is 5.32 Å². The van der Waals surface area contributed by atoms with E-state index in [1.807, 2.05) is 55.5 Å². The van der Waals surface area contributed by atoms with E-state index in [9.17, 15) is 4.79 Å². The van der Waals surface area contributed by atoms with Crippen LogP contribution < -0.4 is 5.32 Å². The van der Waals surface area contributed by atoms with Crippen LogP contribution in [0.5, 0.6) is 0 Å². The van der Waals surface area contributed by atoms with Crippen LogP contribution in [0.3, 0.4) is 0 Å². The number of amides is 1. The largest absolute Gasteiger partial charge is 0.338 e. The molecular formula is C17H14BrN3O2. The van der Waals surface area contributed by atoms with Gasteiger partial charge >= 0.3 is 0 Å². The molecule has 0 aliphatic heterocycles. The fraction of sp³-hybridized carbons (Fsp3) is 0.118. The fourth-order valence-corrected chi connectivity index (χ4v) is 2.40. The molecule has 1 heterocycles. The molecule has 0 aliphatic rings. The zero-order valence-electron chi connectivity index (χ0n) is 12.4. The molecule has 116 valence electrons. The number of hydrogen-bond acceptors (Lipinski definition) is 4. The first-order chi connectivity index (χ1) is 11.1. The predicted octanol–water partition coefficient (Wildman–Crippen LogP) is 3.99. The van der Waals surface area contributed by atoms with Crippen molar-refractivity contribution in [3.63, 3.8) is 0 Å². The summed E-state index contributed by atoms with van der Waals surface area (Å²) in [6, 6.07) is 15.1. The number of aryl methyl sites for hydroxylation is 1. The fourth-order valence-electron chi connectivity index (χ4n) is 2.14. The summed E-state index contributed by atoms with van der Waals surface area (Å²) in [5, 5.41) is 6.74. The van der Waals surface area contributed by atoms with Gasteiger partial charge in [-0.3, -0.25) is 4.79 Å². The molecule has 6 heteroatoms. The minimum atomic E-state index is -0.202. The van der Waals surface area contributed by atoms with Gasteiger partial charge in [-0.05, 0) is 36.8 Å². The lowest BCUT2D eigenvalue weighted by Gasteiger charge is -2.03. The summed E-state index contributed by atoms with van der Waals surface area (Å²) in [4.78, 5) is 16.3. The van der Waals surface area contributed by atoms with Crippen molar-refractivity contribution in [1.82, 2.24) is 10.1 Å². The molecular weight excluding hydrogens is 358 g/mol. The monoisotopic (exact) mass is 371 g/mol. The van der Waals surface area contributed by atoms with Gasteiger partial charge in [-0.1, -0.05) is 45.4 Å². The maximum atomic E-state index is 12.0. The standard InChI is InChI=1S/C17H14BrN3O2/c1-11-4-2-3-5-14(11)17-20-16(23-21-17)10-15(22)19-13-8-6-12(18)7-9-13/h2-9H,10H2,1H3,(H,19,22). The number of nitrogens with zero attached hydrogens (tertiary/aromatic N) is 2. The Morgan fingerprint density at radius 1 is 1.17 bits per heavy atom. The summed E-state index contributed by atoms with van der Waals surface area (Å²) in [7, 11) is 0. The number of carbonyl (C=O) groups excluding carboxylic acids is 1. The van der Waals surface area contributed by atoms with Crippen LogP contribution in [0.1, 0.15) is 11.5 Å². The lowest BCUT2D eigenvalue weighted by molar-refractivity contribution is -0.115. The van der Waals surface area contributed by atoms with Gasteiger partial charge in [0.1, 0.15) is 6.42 Å². The van der Waals surface area contributed by atoms with Gasteiger partial charge in [0.15, 0.2) is 0 Å². The van der Waals surface area contributed by atoms with Crippen molar-refractivity contribution < 1.29 is 9.32 Å². The van der Waals surface area contributed by atoms with E-state index in [0.717, 1.165) is 21.3 Å². The molecule has 0 spiro atoms. The molecule has 0 unspecified atom stereocenters. The second kappa shape index (κ2) is 6.75. The quantitative estimate of drug-likeness (QED) is 0.752. The van der Waals surface area contributed by atoms with Crippen molar-refractivity contribution in [3.8, 4) is 11.4 Å². The number of benzene rings is 2. The molecule has 1 amide bonds. The van der Waals surface area contributed by atoms with Crippen molar-refractivity contribution in [3.05, 3.63) is 64.5 Å². The molecule has 2 aromatic carbocycles. The first kappa shape index (κ1) is 15.4. The van der Waals surface area contributed by atoms with E-state index in [1.54, 1.807) is 0 Å². The topological polar surface area (TPSA) is 68.0 Å². The maximum absolute atomic E-state index is 12.0. The number of aromatic nitrogens is 2. The minimum absolute atomic E-state index is 0.0367. The highest BCUT2D eigenvalue weighted by molar-refractivity contribution is 9.10. The number of anilines is 1. The SMILES string of the molecule is Cc1ccccc1-c1noc(CC(=O)Nc2ccc(Br)cc2)n1. The molecule has 1 aromatic heterocycles. The normalized spacial score (nSPS) is 10.5. The van der Waals surface area contributed by atoms with E-state index in [4.69, 9.17) is 4.52 Å². The number of rotatable bonds is 4. The highest BCUT2D eigenvalue weighted by Gasteiger charge is 2.13. The molecule has 0 saturated carbocycles. The van der Waals surface area contributed by atoms with Crippen LogP contribution in [0.4, 0.5) is 5.69 Å². The Hall–Kier alpha value is -2.47. The zero-order chi connectivity index (χ0) is 16.2. The molecule has 0 atom stereocenters. The third-order valence-electron chi connectivity index (χ3n) is 3.29. The molecule has 0 saturated heterocycles. The van der Waals surface area contributed by atoms with Gasteiger partial charge in [-0.2, -0.15) is 4.98 Å². The van der Waals surface area contributed by atoms with Crippen molar-refractivity contribution in [2.45, 2.75) is 13.3 Å². The molecule has 1 N–H and O–H groups in total. The maximum Gasteiger partial charge on any atom is 0.236 e. The lowest BCUT2D eigenvalue weighted by atomic mass is 10.1. The molecule has 5 nitrogen and oxygen atoms in total. The minimum Gasteiger partial charge on any atom is -0.338 e. The molecule has 3 aromatic rings. The van der Waals surface area contributed by atoms with Crippen LogP contribution in [0.25, 0.3) is 11.4 Å². The van der Waals surface area contributed by atoms with Gasteiger partial charge in [0.25, 0.3) is 0 Å². The molecule has 23 heavy (non-hydrogen) atoms. The molecule has 0 aliphatic carbocycles. The van der Waals surface area contributed by atoms with Crippen molar-refractivity contribution in [1.29, 1.82) is 0 Å². The average molecular weight is 372 g/mol. The third-order valence-corrected chi connectivity index (χ3v) is 3.82. The summed E-state index contributed by atoms with van der Waals surface area (Å²) in [5.41, 5.74) is 2.67. The smallest absolute Gasteiger partial charge is 0.236 e. The second-order valence-corrected chi connectivity index (χ2v) is 5.97. The predicted molar refractivity (Wildman–Crippen MR) is 90.9 cm³/mol. The Morgan fingerprint density at radius 3 is 2.65 bits per heavy atom. The van der Waals surface area contributed by atoms with E-state index < -0.39 is 0 Å².